The first kappa shape index (κ1) is 16.6. The zero-order valence-corrected chi connectivity index (χ0v) is 13.7. The highest BCUT2D eigenvalue weighted by Gasteiger charge is 2.11. The van der Waals surface area contributed by atoms with E-state index in [1.54, 1.807) is 6.07 Å². The van der Waals surface area contributed by atoms with Crippen molar-refractivity contribution in [2.24, 2.45) is 0 Å². The molecule has 2 aromatic carbocycles. The topological polar surface area (TPSA) is 58.1 Å². The Balaban J connectivity index is 1.72. The minimum Gasteiger partial charge on any atom is -0.355 e. The number of aromatic nitrogens is 2. The van der Waals surface area contributed by atoms with Crippen LogP contribution in [0.2, 0.25) is 0 Å². The monoisotopic (exact) mass is 336 g/mol. The van der Waals surface area contributed by atoms with E-state index in [0.29, 0.717) is 18.1 Å². The molecule has 1 N–H and O–H groups in total. The first-order valence-electron chi connectivity index (χ1n) is 7.76. The van der Waals surface area contributed by atoms with E-state index in [1.165, 1.54) is 30.6 Å². The summed E-state index contributed by atoms with van der Waals surface area (Å²) < 4.78 is 12.9. The Morgan fingerprint density at radius 1 is 1.08 bits per heavy atom. The van der Waals surface area contributed by atoms with E-state index < -0.39 is 0 Å². The van der Waals surface area contributed by atoms with Crippen LogP contribution >= 0.6 is 0 Å². The van der Waals surface area contributed by atoms with Crippen LogP contribution in [0.1, 0.15) is 16.1 Å². The van der Waals surface area contributed by atoms with Gasteiger partial charge in [0, 0.05) is 25.3 Å². The summed E-state index contributed by atoms with van der Waals surface area (Å²) in [4.78, 5) is 22.5. The Hall–Kier alpha value is -3.28. The van der Waals surface area contributed by atoms with E-state index in [-0.39, 0.29) is 17.4 Å². The van der Waals surface area contributed by atoms with Crippen LogP contribution in [-0.2, 0) is 6.54 Å². The predicted molar refractivity (Wildman–Crippen MR) is 94.9 cm³/mol. The van der Waals surface area contributed by atoms with Crippen molar-refractivity contribution in [3.8, 4) is 0 Å². The number of carbonyl (C=O) groups excluding carboxylic acids is 1. The molecule has 6 heteroatoms. The van der Waals surface area contributed by atoms with Crippen molar-refractivity contribution in [3.63, 3.8) is 0 Å². The molecule has 0 atom stereocenters. The number of halogens is 1. The van der Waals surface area contributed by atoms with Gasteiger partial charge in [-0.05, 0) is 29.8 Å². The van der Waals surface area contributed by atoms with Crippen LogP contribution in [0.5, 0.6) is 0 Å². The number of nitrogens with zero attached hydrogens (tertiary/aromatic N) is 3. The van der Waals surface area contributed by atoms with Crippen LogP contribution in [0.15, 0.2) is 67.0 Å². The number of carbonyl (C=O) groups is 1. The van der Waals surface area contributed by atoms with Crippen LogP contribution in [-0.4, -0.2) is 22.9 Å². The molecule has 5 nitrogen and oxygen atoms in total. The minimum absolute atomic E-state index is 0.245. The molecule has 0 radical (unpaired) electrons. The van der Waals surface area contributed by atoms with E-state index in [9.17, 15) is 9.18 Å². The summed E-state index contributed by atoms with van der Waals surface area (Å²) in [6.07, 6.45) is 1.36. The first-order valence-corrected chi connectivity index (χ1v) is 7.76. The van der Waals surface area contributed by atoms with Gasteiger partial charge in [-0.2, -0.15) is 0 Å². The van der Waals surface area contributed by atoms with Gasteiger partial charge in [-0.25, -0.2) is 14.4 Å². The maximum Gasteiger partial charge on any atom is 0.274 e. The molecular weight excluding hydrogens is 319 g/mol. The normalized spacial score (nSPS) is 10.3. The number of nitrogens with one attached hydrogen (secondary N) is 1. The third-order valence-electron chi connectivity index (χ3n) is 3.64. The summed E-state index contributed by atoms with van der Waals surface area (Å²) >= 11 is 0. The van der Waals surface area contributed by atoms with Crippen molar-refractivity contribution >= 4 is 17.4 Å². The van der Waals surface area contributed by atoms with Crippen LogP contribution in [0, 0.1) is 5.82 Å². The van der Waals surface area contributed by atoms with E-state index >= 15 is 0 Å². The van der Waals surface area contributed by atoms with E-state index in [1.807, 2.05) is 42.3 Å². The first-order chi connectivity index (χ1) is 12.1. The second kappa shape index (κ2) is 7.53. The van der Waals surface area contributed by atoms with Gasteiger partial charge in [0.15, 0.2) is 0 Å². The van der Waals surface area contributed by atoms with Crippen molar-refractivity contribution in [2.75, 3.05) is 17.3 Å². The van der Waals surface area contributed by atoms with Crippen LogP contribution < -0.4 is 10.2 Å². The SMILES string of the molecule is CN(Cc1ccccc1)c1cc(C(=O)Nc2ccc(F)cc2)ncn1. The smallest absolute Gasteiger partial charge is 0.274 e. The van der Waals surface area contributed by atoms with E-state index in [4.69, 9.17) is 0 Å². The molecule has 3 rings (SSSR count). The molecular formula is C19H17FN4O. The summed E-state index contributed by atoms with van der Waals surface area (Å²) in [5.74, 6) is -0.0867. The largest absolute Gasteiger partial charge is 0.355 e. The van der Waals surface area contributed by atoms with Crippen molar-refractivity contribution in [1.29, 1.82) is 0 Å². The van der Waals surface area contributed by atoms with Gasteiger partial charge in [0.25, 0.3) is 5.91 Å². The standard InChI is InChI=1S/C19H17FN4O/c1-24(12-14-5-3-2-4-6-14)18-11-17(21-13-22-18)19(25)23-16-9-7-15(20)8-10-16/h2-11,13H,12H2,1H3,(H,23,25). The van der Waals surface area contributed by atoms with Crippen molar-refractivity contribution in [3.05, 3.63) is 84.1 Å². The molecule has 0 aliphatic rings. The number of hydrogen-bond acceptors (Lipinski definition) is 4. The van der Waals surface area contributed by atoms with Crippen LogP contribution in [0.4, 0.5) is 15.9 Å². The quantitative estimate of drug-likeness (QED) is 0.775. The molecule has 25 heavy (non-hydrogen) atoms. The van der Waals surface area contributed by atoms with Gasteiger partial charge in [0.05, 0.1) is 0 Å². The maximum absolute atomic E-state index is 12.9. The fraction of sp³-hybridized carbons (Fsp3) is 0.105. The second-order valence-electron chi connectivity index (χ2n) is 5.56. The van der Waals surface area contributed by atoms with Crippen molar-refractivity contribution in [2.45, 2.75) is 6.54 Å². The highest BCUT2D eigenvalue weighted by molar-refractivity contribution is 6.03. The third kappa shape index (κ3) is 4.38. The summed E-state index contributed by atoms with van der Waals surface area (Å²) in [6.45, 7) is 0.664. The molecule has 0 spiro atoms. The molecule has 0 unspecified atom stereocenters. The molecule has 0 aliphatic carbocycles. The average molecular weight is 336 g/mol. The minimum atomic E-state index is -0.372. The molecule has 126 valence electrons. The average Bonchev–Trinajstić information content (AvgIpc) is 2.64. The fourth-order valence-electron chi connectivity index (χ4n) is 2.35. The highest BCUT2D eigenvalue weighted by atomic mass is 19.1. The Morgan fingerprint density at radius 2 is 1.80 bits per heavy atom. The van der Waals surface area contributed by atoms with E-state index in [2.05, 4.69) is 15.3 Å². The molecule has 1 aromatic heterocycles. The predicted octanol–water partition coefficient (Wildman–Crippen LogP) is 3.50. The molecule has 0 fully saturated rings. The summed E-state index contributed by atoms with van der Waals surface area (Å²) in [5.41, 5.74) is 1.89. The maximum atomic E-state index is 12.9. The van der Waals surface area contributed by atoms with Crippen LogP contribution in [0.3, 0.4) is 0 Å². The van der Waals surface area contributed by atoms with Gasteiger partial charge in [-0.1, -0.05) is 30.3 Å². The lowest BCUT2D eigenvalue weighted by molar-refractivity contribution is 0.102. The lowest BCUT2D eigenvalue weighted by Crippen LogP contribution is -2.20. The van der Waals surface area contributed by atoms with Gasteiger partial charge in [0.2, 0.25) is 0 Å². The lowest BCUT2D eigenvalue weighted by atomic mass is 10.2. The molecule has 3 aromatic rings. The van der Waals surface area contributed by atoms with Gasteiger partial charge in [0.1, 0.15) is 23.7 Å². The molecule has 1 heterocycles. The molecule has 0 aliphatic heterocycles. The molecule has 0 saturated carbocycles. The zero-order chi connectivity index (χ0) is 17.6. The van der Waals surface area contributed by atoms with Crippen LogP contribution in [0.25, 0.3) is 0 Å². The van der Waals surface area contributed by atoms with Gasteiger partial charge in [-0.3, -0.25) is 4.79 Å². The lowest BCUT2D eigenvalue weighted by Gasteiger charge is -2.18. The highest BCUT2D eigenvalue weighted by Crippen LogP contribution is 2.15. The number of amides is 1. The third-order valence-corrected chi connectivity index (χ3v) is 3.64. The number of benzene rings is 2. The Kier molecular flexibility index (Phi) is 4.99. The van der Waals surface area contributed by atoms with E-state index in [0.717, 1.165) is 5.56 Å². The number of rotatable bonds is 5. The van der Waals surface area contributed by atoms with Gasteiger partial charge >= 0.3 is 0 Å². The molecule has 0 saturated heterocycles. The summed E-state index contributed by atoms with van der Waals surface area (Å²) in [5, 5.41) is 2.69. The molecule has 0 bridgehead atoms. The Morgan fingerprint density at radius 3 is 2.52 bits per heavy atom. The number of hydrogen-bond donors (Lipinski definition) is 1. The Labute approximate surface area is 145 Å². The van der Waals surface area contributed by atoms with Crippen molar-refractivity contribution in [1.82, 2.24) is 9.97 Å². The summed E-state index contributed by atoms with van der Waals surface area (Å²) in [6, 6.07) is 17.2. The fourth-order valence-corrected chi connectivity index (χ4v) is 2.35. The second-order valence-corrected chi connectivity index (χ2v) is 5.56. The van der Waals surface area contributed by atoms with Gasteiger partial charge in [-0.15, -0.1) is 0 Å². The molecule has 1 amide bonds. The Bertz CT molecular complexity index is 853. The summed E-state index contributed by atoms with van der Waals surface area (Å²) in [7, 11) is 1.90. The zero-order valence-electron chi connectivity index (χ0n) is 13.7. The van der Waals surface area contributed by atoms with Crippen molar-refractivity contribution < 1.29 is 9.18 Å². The van der Waals surface area contributed by atoms with Gasteiger partial charge < -0.3 is 10.2 Å². The number of anilines is 2.